The number of ether oxygens (including phenoxy) is 7. The van der Waals surface area contributed by atoms with Gasteiger partial charge in [-0.3, -0.25) is 34.0 Å². The van der Waals surface area contributed by atoms with Gasteiger partial charge in [-0.15, -0.1) is 0 Å². The monoisotopic (exact) mass is 1510 g/mol. The number of benzene rings is 2. The largest absolute Gasteiger partial charge is 0.462 e. The van der Waals surface area contributed by atoms with Crippen LogP contribution in [0.3, 0.4) is 0 Å². The zero-order valence-corrected chi connectivity index (χ0v) is 59.4. The van der Waals surface area contributed by atoms with Crippen LogP contribution in [-0.2, 0) is 63.6 Å². The quantitative estimate of drug-likeness (QED) is 0.0239. The number of fused-ring (bicyclic) bond motifs is 1. The van der Waals surface area contributed by atoms with E-state index < -0.39 is 233 Å². The van der Waals surface area contributed by atoms with E-state index in [2.05, 4.69) is 41.9 Å². The SMILES string of the molecule is CCCCCCC1(C(O)[C@H](NC(=O)[C@@H](NC(=O)[C@H](Cc2ccc(OC3OC(CO)C(OC4OC5COC6(OC5C(O)C4O)C4CC5CC(C4)CC6C5)C(O)C3O)cc2)NC(=O)[C@@H](NC(=O)CN)C(C)c2ccccc2)C(O)C2CN=C(N)N2)C(=O)N[C@H](C=O)CO)CN=C(N)N1C1OC(CO)C(O)C(O)C1O. The maximum Gasteiger partial charge on any atom is 0.246 e. The first kappa shape index (κ1) is 81.0. The first-order valence-corrected chi connectivity index (χ1v) is 36.7. The van der Waals surface area contributed by atoms with Gasteiger partial charge >= 0.3 is 0 Å². The van der Waals surface area contributed by atoms with Gasteiger partial charge in [-0.2, -0.15) is 0 Å². The van der Waals surface area contributed by atoms with E-state index in [1.165, 1.54) is 30.7 Å². The number of rotatable bonds is 32. The fourth-order valence-corrected chi connectivity index (χ4v) is 17.1. The summed E-state index contributed by atoms with van der Waals surface area (Å²) in [5, 5.41) is 151. The van der Waals surface area contributed by atoms with Gasteiger partial charge in [0.2, 0.25) is 35.8 Å². The molecule has 37 heteroatoms. The molecular weight excluding hydrogens is 1410 g/mol. The molecule has 2 aromatic rings. The molecule has 25 atom stereocenters. The lowest BCUT2D eigenvalue weighted by Crippen LogP contribution is -2.74. The van der Waals surface area contributed by atoms with Crippen molar-refractivity contribution in [2.75, 3.05) is 46.1 Å². The third-order valence-electron chi connectivity index (χ3n) is 22.8. The van der Waals surface area contributed by atoms with Gasteiger partial charge < -0.3 is 153 Å². The molecular formula is C70H104N12O25. The molecule has 2 aromatic carbocycles. The number of aldehydes is 1. The Hall–Kier alpha value is -6.96. The molecule has 4 bridgehead atoms. The number of unbranched alkanes of at least 4 members (excludes halogenated alkanes) is 3. The number of carbonyl (C=O) groups is 6. The van der Waals surface area contributed by atoms with Crippen LogP contribution in [-0.4, -0.2) is 312 Å². The number of aliphatic imine (C=N–C) groups is 2. The minimum absolute atomic E-state index is 0.0219. The first-order valence-electron chi connectivity index (χ1n) is 36.7. The molecule has 0 radical (unpaired) electrons. The number of nitrogens with zero attached hydrogens (tertiary/aromatic N) is 3. The number of nitrogens with one attached hydrogen (secondary N) is 6. The Balaban J connectivity index is 0.849. The smallest absolute Gasteiger partial charge is 0.246 e. The molecule has 6 heterocycles. The highest BCUT2D eigenvalue weighted by Gasteiger charge is 2.65. The predicted octanol–water partition coefficient (Wildman–Crippen LogP) is -8.03. The van der Waals surface area contributed by atoms with E-state index in [0.717, 1.165) is 30.6 Å². The van der Waals surface area contributed by atoms with E-state index in [9.17, 15) is 80.5 Å². The van der Waals surface area contributed by atoms with Crippen molar-refractivity contribution in [1.29, 1.82) is 0 Å². The summed E-state index contributed by atoms with van der Waals surface area (Å²) in [4.78, 5) is 95.5. The van der Waals surface area contributed by atoms with Crippen LogP contribution in [0.25, 0.3) is 0 Å². The molecule has 12 rings (SSSR count). The second kappa shape index (κ2) is 34.9. The van der Waals surface area contributed by atoms with Crippen molar-refractivity contribution in [3.63, 3.8) is 0 Å². The summed E-state index contributed by atoms with van der Waals surface area (Å²) in [6.45, 7) is -0.529. The Labute approximate surface area is 616 Å². The molecule has 37 nitrogen and oxygen atoms in total. The Morgan fingerprint density at radius 2 is 1.36 bits per heavy atom. The number of carbonyl (C=O) groups excluding carboxylic acids is 6. The number of hydrogen-bond acceptors (Lipinski definition) is 32. The summed E-state index contributed by atoms with van der Waals surface area (Å²) >= 11 is 0. The fourth-order valence-electron chi connectivity index (χ4n) is 17.1. The molecule has 4 saturated carbocycles. The number of amides is 5. The second-order valence-electron chi connectivity index (χ2n) is 29.7. The summed E-state index contributed by atoms with van der Waals surface area (Å²) in [5.41, 5.74) is 17.0. The van der Waals surface area contributed by atoms with Crippen molar-refractivity contribution in [3.8, 4) is 5.75 Å². The summed E-state index contributed by atoms with van der Waals surface area (Å²) in [7, 11) is 0. The topological polar surface area (TPSA) is 588 Å². The number of nitrogens with two attached hydrogens (primary N) is 3. The van der Waals surface area contributed by atoms with E-state index >= 15 is 9.59 Å². The van der Waals surface area contributed by atoms with Gasteiger partial charge in [0.05, 0.1) is 57.6 Å². The van der Waals surface area contributed by atoms with Crippen LogP contribution in [0.4, 0.5) is 0 Å². The van der Waals surface area contributed by atoms with Crippen molar-refractivity contribution in [3.05, 3.63) is 65.7 Å². The van der Waals surface area contributed by atoms with Crippen molar-refractivity contribution in [1.82, 2.24) is 36.8 Å². The van der Waals surface area contributed by atoms with E-state index in [1.54, 1.807) is 37.3 Å². The lowest BCUT2D eigenvalue weighted by atomic mass is 9.53. The maximum absolute atomic E-state index is 15.5. The normalized spacial score (nSPS) is 36.5. The summed E-state index contributed by atoms with van der Waals surface area (Å²) in [6.07, 6.45) is -22.3. The summed E-state index contributed by atoms with van der Waals surface area (Å²) < 4.78 is 43.3. The number of guanidine groups is 2. The number of hydrogen-bond donors (Lipinski definition) is 21. The molecule has 1 spiro atoms. The molecule has 5 amide bonds. The lowest BCUT2D eigenvalue weighted by Gasteiger charge is -2.63. The van der Waals surface area contributed by atoms with Gasteiger partial charge in [0, 0.05) is 24.2 Å². The average Bonchev–Trinajstić information content (AvgIpc) is 0.892. The van der Waals surface area contributed by atoms with Crippen LogP contribution in [0.15, 0.2) is 64.6 Å². The number of aliphatic hydroxyl groups excluding tert-OH is 12. The summed E-state index contributed by atoms with van der Waals surface area (Å²) in [6, 6.07) is 3.30. The molecule has 4 saturated heterocycles. The van der Waals surface area contributed by atoms with E-state index in [1.807, 2.05) is 6.92 Å². The standard InChI is InChI=1S/C70H104N12O25/c1-3-4-5-9-16-69(30-75-68(73)82(69)64-54(93)51(90)50(89)42(27-85)103-64)59(96)48(63(100)76-38(25-83)26-84)81-62(99)47(49(88)41-24-74-67(72)78-41)80-60(97)40(77-61(98)46(79-45(87)23-71)31(2)35-10-7-6-8-11-35)22-32-12-14-39(15-13-32)102-65-55(94)52(91)57(43(28-86)104-65)106-66-56(95)53(92)58-44(105-66)29-101-70(107-58)36-18-33-17-34(20-36)21-37(70)19-33/h6-8,10-15,25,31,33-34,36-38,40-44,46-59,64-66,84-86,88-96H,3-5,9,16-24,26-30,71H2,1-2H3,(H2,73,75)(H,76,100)(H,77,98)(H,79,87)(H,80,97)(H,81,99)(H3,72,74,78)/t31?,33?,34?,36?,37?,38-,40+,41?,42?,43?,44?,46+,47+,48+,49?,50?,51?,52?,53?,54?,55?,56?,57?,58?,59?,64?,65?,66?,69?,70?/m1/s1. The molecule has 6 aliphatic heterocycles. The van der Waals surface area contributed by atoms with Crippen LogP contribution in [0, 0.1) is 23.7 Å². The molecule has 20 unspecified atom stereocenters. The minimum Gasteiger partial charge on any atom is -0.462 e. The van der Waals surface area contributed by atoms with Crippen LogP contribution >= 0.6 is 0 Å². The van der Waals surface area contributed by atoms with Gasteiger partial charge in [-0.05, 0) is 73.6 Å². The van der Waals surface area contributed by atoms with Gasteiger partial charge in [0.15, 0.2) is 30.2 Å². The van der Waals surface area contributed by atoms with Crippen LogP contribution < -0.4 is 53.8 Å². The molecule has 594 valence electrons. The van der Waals surface area contributed by atoms with Crippen molar-refractivity contribution in [2.24, 2.45) is 50.9 Å². The highest BCUT2D eigenvalue weighted by molar-refractivity contribution is 5.97. The highest BCUT2D eigenvalue weighted by atomic mass is 16.8. The highest BCUT2D eigenvalue weighted by Crippen LogP contribution is 2.61. The molecule has 24 N–H and O–H groups in total. The minimum atomic E-state index is -2.31. The average molecular weight is 1510 g/mol. The Morgan fingerprint density at radius 3 is 1.99 bits per heavy atom. The van der Waals surface area contributed by atoms with E-state index in [-0.39, 0.29) is 61.4 Å². The van der Waals surface area contributed by atoms with Crippen molar-refractivity contribution < 1.29 is 123 Å². The van der Waals surface area contributed by atoms with Crippen molar-refractivity contribution >= 4 is 47.7 Å². The summed E-state index contributed by atoms with van der Waals surface area (Å²) in [5.74, 6) is -6.64. The first-order chi connectivity index (χ1) is 51.2. The third kappa shape index (κ3) is 17.0. The van der Waals surface area contributed by atoms with Gasteiger partial charge in [-0.1, -0.05) is 82.0 Å². The number of aliphatic hydroxyl groups is 12. The Bertz CT molecular complexity index is 3410. The fraction of sp³-hybridized carbons (Fsp3) is 0.714. The zero-order chi connectivity index (χ0) is 76.9. The van der Waals surface area contributed by atoms with Crippen LogP contribution in [0.2, 0.25) is 0 Å². The van der Waals surface area contributed by atoms with Gasteiger partial charge in [0.1, 0.15) is 128 Å². The van der Waals surface area contributed by atoms with E-state index in [0.29, 0.717) is 36.7 Å². The molecule has 10 aliphatic rings. The predicted molar refractivity (Wildman–Crippen MR) is 370 cm³/mol. The van der Waals surface area contributed by atoms with Gasteiger partial charge in [0.25, 0.3) is 0 Å². The second-order valence-corrected chi connectivity index (χ2v) is 29.7. The molecule has 4 aliphatic carbocycles. The van der Waals surface area contributed by atoms with E-state index in [4.69, 9.17) is 50.4 Å². The Morgan fingerprint density at radius 1 is 0.710 bits per heavy atom. The molecule has 0 aromatic heterocycles. The van der Waals surface area contributed by atoms with Crippen molar-refractivity contribution in [2.45, 2.75) is 242 Å². The lowest BCUT2D eigenvalue weighted by molar-refractivity contribution is -0.437. The zero-order valence-electron chi connectivity index (χ0n) is 59.4. The maximum atomic E-state index is 15.5. The van der Waals surface area contributed by atoms with Crippen LogP contribution in [0.5, 0.6) is 5.75 Å². The third-order valence-corrected chi connectivity index (χ3v) is 22.8. The van der Waals surface area contributed by atoms with Gasteiger partial charge in [-0.25, -0.2) is 0 Å². The molecule has 107 heavy (non-hydrogen) atoms. The van der Waals surface area contributed by atoms with Crippen LogP contribution in [0.1, 0.15) is 95.1 Å². The Kier molecular flexibility index (Phi) is 26.5. The molecule has 8 fully saturated rings.